The van der Waals surface area contributed by atoms with E-state index < -0.39 is 0 Å². The van der Waals surface area contributed by atoms with Crippen LogP contribution in [0.5, 0.6) is 0 Å². The van der Waals surface area contributed by atoms with Crippen LogP contribution in [-0.4, -0.2) is 0 Å². The van der Waals surface area contributed by atoms with Crippen molar-refractivity contribution in [2.45, 2.75) is 0 Å². The van der Waals surface area contributed by atoms with E-state index in [0.29, 0.717) is 0 Å². The predicted molar refractivity (Wildman–Crippen MR) is 52.4 cm³/mol. The Kier molecular flexibility index (Phi) is 1.69. The Bertz CT molecular complexity index is 363. The molecule has 0 spiro atoms. The Morgan fingerprint density at radius 3 is 2.90 bits per heavy atom. The maximum Gasteiger partial charge on any atom is 0.156 e. The molecule has 2 aromatic heterocycles. The molecular weight excluding hydrogens is 282 g/mol. The van der Waals surface area contributed by atoms with Crippen LogP contribution in [0.3, 0.4) is 0 Å². The number of thiophene rings is 2. The lowest BCUT2D eigenvalue weighted by Gasteiger charge is -1.77. The predicted octanol–water partition coefficient (Wildman–Crippen LogP) is 3.71. The second-order valence-electron chi connectivity index (χ2n) is 1.84. The highest BCUT2D eigenvalue weighted by molar-refractivity contribution is 14.1. The summed E-state index contributed by atoms with van der Waals surface area (Å²) in [5.74, 6) is -0.0538. The first kappa shape index (κ1) is 7.00. The van der Waals surface area contributed by atoms with Gasteiger partial charge in [0.1, 0.15) is 2.88 Å². The van der Waals surface area contributed by atoms with E-state index in [4.69, 9.17) is 0 Å². The fraction of sp³-hybridized carbons (Fsp3) is 0. The summed E-state index contributed by atoms with van der Waals surface area (Å²) >= 11 is 5.08. The molecule has 2 heterocycles. The zero-order chi connectivity index (χ0) is 7.14. The number of hydrogen-bond donors (Lipinski definition) is 0. The molecule has 0 saturated heterocycles. The van der Waals surface area contributed by atoms with Gasteiger partial charge in [0.15, 0.2) is 5.82 Å². The molecule has 0 bridgehead atoms. The molecule has 4 heteroatoms. The summed E-state index contributed by atoms with van der Waals surface area (Å²) in [5, 5.41) is 4.61. The SMILES string of the molecule is Fc1c(I)sc2cscc12. The molecule has 0 nitrogen and oxygen atoms in total. The van der Waals surface area contributed by atoms with Gasteiger partial charge < -0.3 is 0 Å². The standard InChI is InChI=1S/C6H2FIS2/c7-5-3-1-9-2-4(3)10-6(5)8/h1-2H. The van der Waals surface area contributed by atoms with Gasteiger partial charge in [-0.25, -0.2) is 4.39 Å². The third kappa shape index (κ3) is 0.895. The van der Waals surface area contributed by atoms with Crippen LogP contribution in [0, 0.1) is 8.70 Å². The molecular formula is C6H2FIS2. The van der Waals surface area contributed by atoms with Crippen LogP contribution in [0.25, 0.3) is 10.1 Å². The van der Waals surface area contributed by atoms with Crippen LogP contribution >= 0.6 is 45.3 Å². The van der Waals surface area contributed by atoms with Gasteiger partial charge >= 0.3 is 0 Å². The van der Waals surface area contributed by atoms with Gasteiger partial charge in [0.2, 0.25) is 0 Å². The normalized spacial score (nSPS) is 11.0. The van der Waals surface area contributed by atoms with Gasteiger partial charge in [0.05, 0.1) is 0 Å². The van der Waals surface area contributed by atoms with Crippen molar-refractivity contribution in [2.75, 3.05) is 0 Å². The number of halogens is 2. The van der Waals surface area contributed by atoms with E-state index >= 15 is 0 Å². The number of fused-ring (bicyclic) bond motifs is 1. The Morgan fingerprint density at radius 1 is 1.40 bits per heavy atom. The summed E-state index contributed by atoms with van der Waals surface area (Å²) in [6.45, 7) is 0. The smallest absolute Gasteiger partial charge is 0.156 e. The van der Waals surface area contributed by atoms with Gasteiger partial charge in [-0.1, -0.05) is 0 Å². The van der Waals surface area contributed by atoms with Crippen molar-refractivity contribution < 1.29 is 4.39 Å². The molecule has 0 amide bonds. The average Bonchev–Trinajstić information content (AvgIpc) is 2.41. The molecule has 0 unspecified atom stereocenters. The first-order valence-electron chi connectivity index (χ1n) is 2.58. The first-order chi connectivity index (χ1) is 4.79. The topological polar surface area (TPSA) is 0 Å². The maximum absolute atomic E-state index is 13.0. The number of hydrogen-bond acceptors (Lipinski definition) is 2. The molecule has 0 saturated carbocycles. The highest BCUT2D eigenvalue weighted by atomic mass is 127. The van der Waals surface area contributed by atoms with Crippen molar-refractivity contribution in [3.8, 4) is 0 Å². The summed E-state index contributed by atoms with van der Waals surface area (Å²) in [5.41, 5.74) is 0. The van der Waals surface area contributed by atoms with Gasteiger partial charge in [0, 0.05) is 20.8 Å². The van der Waals surface area contributed by atoms with Gasteiger partial charge in [-0.05, 0) is 22.6 Å². The zero-order valence-corrected chi connectivity index (χ0v) is 8.52. The largest absolute Gasteiger partial charge is 0.204 e. The molecule has 0 N–H and O–H groups in total. The van der Waals surface area contributed by atoms with Crippen molar-refractivity contribution in [3.05, 3.63) is 19.5 Å². The minimum Gasteiger partial charge on any atom is -0.204 e. The average molecular weight is 284 g/mol. The quantitative estimate of drug-likeness (QED) is 0.647. The second-order valence-corrected chi connectivity index (χ2v) is 5.45. The van der Waals surface area contributed by atoms with Gasteiger partial charge in [-0.15, -0.1) is 11.3 Å². The van der Waals surface area contributed by atoms with E-state index in [0.717, 1.165) is 13.0 Å². The van der Waals surface area contributed by atoms with Crippen LogP contribution in [-0.2, 0) is 0 Å². The van der Waals surface area contributed by atoms with Crippen LogP contribution in [0.1, 0.15) is 0 Å². The lowest BCUT2D eigenvalue weighted by atomic mass is 10.4. The molecule has 0 radical (unpaired) electrons. The van der Waals surface area contributed by atoms with Crippen LogP contribution in [0.15, 0.2) is 10.8 Å². The van der Waals surface area contributed by atoms with E-state index in [9.17, 15) is 4.39 Å². The summed E-state index contributed by atoms with van der Waals surface area (Å²) in [6, 6.07) is 0. The summed E-state index contributed by atoms with van der Waals surface area (Å²) in [4.78, 5) is 0. The van der Waals surface area contributed by atoms with E-state index in [1.807, 2.05) is 33.4 Å². The molecule has 2 rings (SSSR count). The third-order valence-electron chi connectivity index (χ3n) is 1.24. The van der Waals surface area contributed by atoms with Crippen molar-refractivity contribution in [1.29, 1.82) is 0 Å². The zero-order valence-electron chi connectivity index (χ0n) is 4.73. The number of rotatable bonds is 0. The van der Waals surface area contributed by atoms with E-state index in [1.54, 1.807) is 11.3 Å². The monoisotopic (exact) mass is 284 g/mol. The highest BCUT2D eigenvalue weighted by Gasteiger charge is 2.08. The molecule has 0 aliphatic carbocycles. The Hall–Kier alpha value is 0.320. The van der Waals surface area contributed by atoms with E-state index in [2.05, 4.69) is 0 Å². The minimum absolute atomic E-state index is 0.0538. The van der Waals surface area contributed by atoms with Gasteiger partial charge in [-0.3, -0.25) is 0 Å². The third-order valence-corrected chi connectivity index (χ3v) is 4.18. The van der Waals surface area contributed by atoms with Crippen LogP contribution in [0.4, 0.5) is 4.39 Å². The lowest BCUT2D eigenvalue weighted by molar-refractivity contribution is 0.638. The Balaban J connectivity index is 2.95. The van der Waals surface area contributed by atoms with E-state index in [-0.39, 0.29) is 5.82 Å². The van der Waals surface area contributed by atoms with Gasteiger partial charge in [-0.2, -0.15) is 11.3 Å². The van der Waals surface area contributed by atoms with Gasteiger partial charge in [0.25, 0.3) is 0 Å². The van der Waals surface area contributed by atoms with E-state index in [1.165, 1.54) is 11.3 Å². The maximum atomic E-state index is 13.0. The minimum atomic E-state index is -0.0538. The Morgan fingerprint density at radius 2 is 2.20 bits per heavy atom. The van der Waals surface area contributed by atoms with Crippen LogP contribution < -0.4 is 0 Å². The molecule has 0 aliphatic heterocycles. The molecule has 0 fully saturated rings. The lowest BCUT2D eigenvalue weighted by Crippen LogP contribution is -1.65. The molecule has 0 aliphatic rings. The van der Waals surface area contributed by atoms with Crippen molar-refractivity contribution >= 4 is 55.4 Å². The Labute approximate surface area is 78.8 Å². The fourth-order valence-electron chi connectivity index (χ4n) is 0.772. The molecule has 2 aromatic rings. The molecule has 0 aromatic carbocycles. The molecule has 52 valence electrons. The summed E-state index contributed by atoms with van der Waals surface area (Å²) in [7, 11) is 0. The van der Waals surface area contributed by atoms with Crippen LogP contribution in [0.2, 0.25) is 0 Å². The van der Waals surface area contributed by atoms with Crippen molar-refractivity contribution in [2.24, 2.45) is 0 Å². The van der Waals surface area contributed by atoms with Crippen molar-refractivity contribution in [3.63, 3.8) is 0 Å². The fourth-order valence-corrected chi connectivity index (χ4v) is 3.54. The first-order valence-corrected chi connectivity index (χ1v) is 5.42. The highest BCUT2D eigenvalue weighted by Crippen LogP contribution is 2.33. The summed E-state index contributed by atoms with van der Waals surface area (Å²) in [6.07, 6.45) is 0. The molecule has 10 heavy (non-hydrogen) atoms. The summed E-state index contributed by atoms with van der Waals surface area (Å²) < 4.78 is 14.8. The van der Waals surface area contributed by atoms with Crippen molar-refractivity contribution in [1.82, 2.24) is 0 Å². The second kappa shape index (κ2) is 2.42. The molecule has 0 atom stereocenters.